The third kappa shape index (κ3) is 4.97. The van der Waals surface area contributed by atoms with Crippen LogP contribution in [0.15, 0.2) is 188 Å². The second kappa shape index (κ2) is 12.8. The van der Waals surface area contributed by atoms with Gasteiger partial charge in [-0.25, -0.2) is 15.0 Å². The first-order valence-electron chi connectivity index (χ1n) is 19.3. The summed E-state index contributed by atoms with van der Waals surface area (Å²) in [5, 5.41) is 5.70. The van der Waals surface area contributed by atoms with Crippen LogP contribution in [0.5, 0.6) is 0 Å². The Morgan fingerprint density at radius 2 is 0.862 bits per heavy atom. The molecule has 0 bridgehead atoms. The topological polar surface area (TPSA) is 73.8 Å². The van der Waals surface area contributed by atoms with Crippen LogP contribution in [-0.2, 0) is 0 Å². The molecule has 0 amide bonds. The Labute approximate surface area is 332 Å². The van der Waals surface area contributed by atoms with Gasteiger partial charge in [-0.05, 0) is 66.7 Å². The highest BCUT2D eigenvalue weighted by molar-refractivity contribution is 6.30. The van der Waals surface area contributed by atoms with Crippen LogP contribution in [0.1, 0.15) is 0 Å². The van der Waals surface area contributed by atoms with Gasteiger partial charge in [0, 0.05) is 61.6 Å². The maximum absolute atomic E-state index is 5.37. The van der Waals surface area contributed by atoms with E-state index in [0.29, 0.717) is 5.95 Å². The Morgan fingerprint density at radius 3 is 1.47 bits per heavy atom. The van der Waals surface area contributed by atoms with Crippen LogP contribution in [0.2, 0.25) is 0 Å². The number of hydrogen-bond acceptors (Lipinski definition) is 5. The minimum Gasteiger partial charge on any atom is -0.292 e. The van der Waals surface area contributed by atoms with Gasteiger partial charge in [-0.3, -0.25) is 18.9 Å². The Balaban J connectivity index is 1.12. The van der Waals surface area contributed by atoms with Crippen molar-refractivity contribution in [3.8, 4) is 51.0 Å². The number of rotatable bonds is 5. The van der Waals surface area contributed by atoms with E-state index in [1.54, 1.807) is 0 Å². The number of hydrogen-bond donors (Lipinski definition) is 0. The molecule has 6 aromatic heterocycles. The SMILES string of the molecule is c1ccc(-c2ccc(-c3cc(-c4ccc(-c5ccccn5)cc4)nc(-n4c5ccccc5c5c6c7ccccc7n7c8ccccc8nc7c6ccc54)n3)cc2)nc1. The van der Waals surface area contributed by atoms with Crippen LogP contribution in [0.25, 0.3) is 111 Å². The average molecular weight is 742 g/mol. The van der Waals surface area contributed by atoms with Gasteiger partial charge in [0.05, 0.1) is 50.4 Å². The summed E-state index contributed by atoms with van der Waals surface area (Å²) in [5.74, 6) is 0.595. The molecule has 12 rings (SSSR count). The first-order chi connectivity index (χ1) is 28.8. The molecule has 0 fully saturated rings. The Hall–Kier alpha value is -8.03. The summed E-state index contributed by atoms with van der Waals surface area (Å²) >= 11 is 0. The molecule has 0 spiro atoms. The molecule has 58 heavy (non-hydrogen) atoms. The minimum atomic E-state index is 0.595. The van der Waals surface area contributed by atoms with Crippen molar-refractivity contribution in [1.82, 2.24) is 33.9 Å². The van der Waals surface area contributed by atoms with E-state index in [4.69, 9.17) is 15.0 Å². The molecule has 0 N–H and O–H groups in total. The first-order valence-corrected chi connectivity index (χ1v) is 19.3. The standard InChI is InChI=1S/C51H31N7/c1-4-16-44-36(11-1)48-38(50-54-41-15-3-6-18-46(41)57(44)50)27-28-47-49(48)37-12-2-5-17-45(37)58(47)51-55-42(34-23-19-32(20-24-34)39-13-7-9-29-52-39)31-43(56-51)35-25-21-33(22-26-35)40-14-8-10-30-53-40/h1-31H. The largest absolute Gasteiger partial charge is 0.292 e. The third-order valence-electron chi connectivity index (χ3n) is 11.3. The molecule has 7 nitrogen and oxygen atoms in total. The lowest BCUT2D eigenvalue weighted by molar-refractivity contribution is 0.996. The fraction of sp³-hybridized carbons (Fsp3) is 0. The number of para-hydroxylation sites is 4. The summed E-state index contributed by atoms with van der Waals surface area (Å²) in [4.78, 5) is 25.1. The van der Waals surface area contributed by atoms with Crippen molar-refractivity contribution in [1.29, 1.82) is 0 Å². The summed E-state index contributed by atoms with van der Waals surface area (Å²) in [6, 6.07) is 61.0. The maximum atomic E-state index is 5.37. The zero-order chi connectivity index (χ0) is 38.2. The molecule has 0 unspecified atom stereocenters. The summed E-state index contributed by atoms with van der Waals surface area (Å²) < 4.78 is 4.53. The highest BCUT2D eigenvalue weighted by atomic mass is 15.2. The fourth-order valence-electron chi connectivity index (χ4n) is 8.59. The van der Waals surface area contributed by atoms with E-state index in [9.17, 15) is 0 Å². The van der Waals surface area contributed by atoms with Gasteiger partial charge in [0.1, 0.15) is 5.65 Å². The molecule has 6 aromatic carbocycles. The smallest absolute Gasteiger partial charge is 0.235 e. The van der Waals surface area contributed by atoms with E-state index in [1.165, 1.54) is 0 Å². The van der Waals surface area contributed by atoms with Crippen LogP contribution in [0, 0.1) is 0 Å². The molecule has 0 radical (unpaired) electrons. The van der Waals surface area contributed by atoms with Gasteiger partial charge < -0.3 is 0 Å². The van der Waals surface area contributed by atoms with Gasteiger partial charge in [0.25, 0.3) is 0 Å². The summed E-state index contributed by atoms with van der Waals surface area (Å²) in [7, 11) is 0. The summed E-state index contributed by atoms with van der Waals surface area (Å²) in [5.41, 5.74) is 13.8. The van der Waals surface area contributed by atoms with Gasteiger partial charge in [-0.15, -0.1) is 0 Å². The van der Waals surface area contributed by atoms with E-state index in [2.05, 4.69) is 158 Å². The van der Waals surface area contributed by atoms with E-state index >= 15 is 0 Å². The Morgan fingerprint density at radius 1 is 0.345 bits per heavy atom. The number of benzene rings is 6. The molecule has 0 aliphatic heterocycles. The van der Waals surface area contributed by atoms with Crippen molar-refractivity contribution >= 4 is 60.2 Å². The molecule has 7 heteroatoms. The number of pyridine rings is 3. The predicted molar refractivity (Wildman–Crippen MR) is 235 cm³/mol. The van der Waals surface area contributed by atoms with Crippen molar-refractivity contribution in [3.63, 3.8) is 0 Å². The number of fused-ring (bicyclic) bond motifs is 12. The number of imidazole rings is 1. The number of nitrogens with zero attached hydrogens (tertiary/aromatic N) is 7. The molecule has 0 saturated carbocycles. The van der Waals surface area contributed by atoms with E-state index in [-0.39, 0.29) is 0 Å². The van der Waals surface area contributed by atoms with Crippen molar-refractivity contribution < 1.29 is 0 Å². The van der Waals surface area contributed by atoms with E-state index in [1.807, 2.05) is 48.8 Å². The molecular weight excluding hydrogens is 711 g/mol. The van der Waals surface area contributed by atoms with Crippen molar-refractivity contribution in [2.75, 3.05) is 0 Å². The molecule has 0 atom stereocenters. The van der Waals surface area contributed by atoms with Crippen LogP contribution < -0.4 is 0 Å². The second-order valence-electron chi connectivity index (χ2n) is 14.5. The minimum absolute atomic E-state index is 0.595. The fourth-order valence-corrected chi connectivity index (χ4v) is 8.59. The summed E-state index contributed by atoms with van der Waals surface area (Å²) in [6.07, 6.45) is 3.64. The number of aromatic nitrogens is 7. The average Bonchev–Trinajstić information content (AvgIpc) is 3.86. The highest BCUT2D eigenvalue weighted by Crippen LogP contribution is 2.42. The van der Waals surface area contributed by atoms with E-state index in [0.717, 1.165) is 105 Å². The highest BCUT2D eigenvalue weighted by Gasteiger charge is 2.22. The molecule has 6 heterocycles. The van der Waals surface area contributed by atoms with E-state index < -0.39 is 0 Å². The zero-order valence-corrected chi connectivity index (χ0v) is 31.0. The first kappa shape index (κ1) is 32.2. The Kier molecular flexibility index (Phi) is 7.09. The second-order valence-corrected chi connectivity index (χ2v) is 14.5. The molecule has 0 aliphatic rings. The molecule has 12 aromatic rings. The molecule has 0 aliphatic carbocycles. The molecule has 0 saturated heterocycles. The van der Waals surface area contributed by atoms with Gasteiger partial charge in [-0.1, -0.05) is 109 Å². The van der Waals surface area contributed by atoms with Gasteiger partial charge in [0.2, 0.25) is 5.95 Å². The summed E-state index contributed by atoms with van der Waals surface area (Å²) in [6.45, 7) is 0. The van der Waals surface area contributed by atoms with Gasteiger partial charge in [-0.2, -0.15) is 0 Å². The lowest BCUT2D eigenvalue weighted by Gasteiger charge is -2.13. The van der Waals surface area contributed by atoms with Crippen molar-refractivity contribution in [3.05, 3.63) is 188 Å². The molecule has 270 valence electrons. The van der Waals surface area contributed by atoms with Gasteiger partial charge in [0.15, 0.2) is 0 Å². The molecular formula is C51H31N7. The quantitative estimate of drug-likeness (QED) is 0.164. The lowest BCUT2D eigenvalue weighted by Crippen LogP contribution is -2.04. The van der Waals surface area contributed by atoms with Crippen LogP contribution in [0.3, 0.4) is 0 Å². The van der Waals surface area contributed by atoms with Crippen molar-refractivity contribution in [2.45, 2.75) is 0 Å². The third-order valence-corrected chi connectivity index (χ3v) is 11.3. The lowest BCUT2D eigenvalue weighted by atomic mass is 10.00. The van der Waals surface area contributed by atoms with Crippen molar-refractivity contribution in [2.24, 2.45) is 0 Å². The normalized spacial score (nSPS) is 11.8. The zero-order valence-electron chi connectivity index (χ0n) is 31.0. The maximum Gasteiger partial charge on any atom is 0.235 e. The van der Waals surface area contributed by atoms with Crippen LogP contribution in [0.4, 0.5) is 0 Å². The van der Waals surface area contributed by atoms with Gasteiger partial charge >= 0.3 is 0 Å². The predicted octanol–water partition coefficient (Wildman–Crippen LogP) is 12.1. The monoisotopic (exact) mass is 741 g/mol. The van der Waals surface area contributed by atoms with Crippen LogP contribution >= 0.6 is 0 Å². The Bertz CT molecular complexity index is 3430. The van der Waals surface area contributed by atoms with Crippen LogP contribution in [-0.4, -0.2) is 33.9 Å².